The molecule has 2 rings (SSSR count). The second-order valence-electron chi connectivity index (χ2n) is 4.08. The second kappa shape index (κ2) is 6.52. The van der Waals surface area contributed by atoms with Crippen molar-refractivity contribution in [1.29, 1.82) is 0 Å². The van der Waals surface area contributed by atoms with Crippen LogP contribution in [0.1, 0.15) is 19.0 Å². The molecule has 5 heteroatoms. The van der Waals surface area contributed by atoms with E-state index in [2.05, 4.69) is 39.5 Å². The van der Waals surface area contributed by atoms with Crippen LogP contribution in [0.3, 0.4) is 0 Å². The van der Waals surface area contributed by atoms with Crippen molar-refractivity contribution in [1.82, 2.24) is 9.97 Å². The van der Waals surface area contributed by atoms with E-state index >= 15 is 0 Å². The lowest BCUT2D eigenvalue weighted by Gasteiger charge is -2.08. The molecule has 0 amide bonds. The highest BCUT2D eigenvalue weighted by Gasteiger charge is 2.11. The summed E-state index contributed by atoms with van der Waals surface area (Å²) in [6.07, 6.45) is 1.94. The minimum absolute atomic E-state index is 0.518. The smallest absolute Gasteiger partial charge is 0.161 e. The van der Waals surface area contributed by atoms with Crippen LogP contribution in [-0.4, -0.2) is 17.1 Å². The molecule has 2 aromatic rings. The van der Waals surface area contributed by atoms with E-state index in [0.717, 1.165) is 33.4 Å². The van der Waals surface area contributed by atoms with Gasteiger partial charge in [0.2, 0.25) is 0 Å². The lowest BCUT2D eigenvalue weighted by atomic mass is 10.2. The van der Waals surface area contributed by atoms with E-state index < -0.39 is 0 Å². The first kappa shape index (κ1) is 14.5. The Bertz CT molecular complexity index is 572. The minimum atomic E-state index is 0.518. The Kier molecular flexibility index (Phi) is 4.99. The third-order valence-corrected chi connectivity index (χ3v) is 4.44. The highest BCUT2D eigenvalue weighted by Crippen LogP contribution is 2.25. The number of benzene rings is 1. The van der Waals surface area contributed by atoms with E-state index in [1.165, 1.54) is 0 Å². The number of methoxy groups -OCH3 is 1. The highest BCUT2D eigenvalue weighted by molar-refractivity contribution is 14.1. The van der Waals surface area contributed by atoms with Gasteiger partial charge in [-0.15, -0.1) is 0 Å². The zero-order chi connectivity index (χ0) is 13.8. The molecule has 0 aliphatic carbocycles. The maximum atomic E-state index is 6.18. The molecule has 0 unspecified atom stereocenters. The lowest BCUT2D eigenvalue weighted by molar-refractivity contribution is 0.415. The van der Waals surface area contributed by atoms with Gasteiger partial charge in [-0.1, -0.05) is 24.9 Å². The van der Waals surface area contributed by atoms with Crippen molar-refractivity contribution in [3.8, 4) is 17.1 Å². The van der Waals surface area contributed by atoms with Crippen molar-refractivity contribution in [2.75, 3.05) is 7.11 Å². The number of nitrogens with zero attached hydrogens (tertiary/aromatic N) is 2. The first-order valence-electron chi connectivity index (χ1n) is 6.02. The van der Waals surface area contributed by atoms with Crippen LogP contribution in [0.2, 0.25) is 5.15 Å². The molecule has 0 bridgehead atoms. The largest absolute Gasteiger partial charge is 0.497 e. The Balaban J connectivity index is 2.43. The van der Waals surface area contributed by atoms with Gasteiger partial charge in [0.05, 0.1) is 16.4 Å². The zero-order valence-electron chi connectivity index (χ0n) is 10.8. The number of halogens is 2. The van der Waals surface area contributed by atoms with Crippen molar-refractivity contribution < 1.29 is 4.74 Å². The number of aromatic nitrogens is 2. The van der Waals surface area contributed by atoms with Gasteiger partial charge in [0.25, 0.3) is 0 Å². The predicted octanol–water partition coefficient (Wildman–Crippen LogP) is 4.36. The summed E-state index contributed by atoms with van der Waals surface area (Å²) < 4.78 is 6.09. The lowest BCUT2D eigenvalue weighted by Crippen LogP contribution is -2.00. The predicted molar refractivity (Wildman–Crippen MR) is 85.7 cm³/mol. The van der Waals surface area contributed by atoms with E-state index in [0.29, 0.717) is 11.0 Å². The summed E-state index contributed by atoms with van der Waals surface area (Å²) in [7, 11) is 1.65. The van der Waals surface area contributed by atoms with Crippen molar-refractivity contribution in [2.45, 2.75) is 19.8 Å². The Labute approximate surface area is 131 Å². The summed E-state index contributed by atoms with van der Waals surface area (Å²) in [4.78, 5) is 8.95. The normalized spacial score (nSPS) is 10.5. The number of rotatable bonds is 4. The molecule has 1 heterocycles. The van der Waals surface area contributed by atoms with E-state index in [1.807, 2.05) is 24.3 Å². The van der Waals surface area contributed by atoms with Crippen LogP contribution in [0.4, 0.5) is 0 Å². The third kappa shape index (κ3) is 3.36. The van der Waals surface area contributed by atoms with Crippen LogP contribution in [0, 0.1) is 3.57 Å². The molecule has 0 fully saturated rings. The van der Waals surface area contributed by atoms with Gasteiger partial charge in [0.15, 0.2) is 5.82 Å². The average molecular weight is 389 g/mol. The van der Waals surface area contributed by atoms with Gasteiger partial charge in [-0.3, -0.25) is 0 Å². The molecule has 0 atom stereocenters. The van der Waals surface area contributed by atoms with E-state index in [-0.39, 0.29) is 0 Å². The fourth-order valence-corrected chi connectivity index (χ4v) is 2.43. The molecular weight excluding hydrogens is 375 g/mol. The molecule has 1 aromatic heterocycles. The molecule has 100 valence electrons. The number of ether oxygens (including phenoxy) is 1. The van der Waals surface area contributed by atoms with E-state index in [1.54, 1.807) is 7.11 Å². The van der Waals surface area contributed by atoms with Crippen LogP contribution in [0.25, 0.3) is 11.4 Å². The molecule has 1 aromatic carbocycles. The Morgan fingerprint density at radius 2 is 1.89 bits per heavy atom. The topological polar surface area (TPSA) is 35.0 Å². The van der Waals surface area contributed by atoms with Crippen LogP contribution in [0.15, 0.2) is 24.3 Å². The number of hydrogen-bond donors (Lipinski definition) is 0. The fraction of sp³-hybridized carbons (Fsp3) is 0.286. The molecule has 3 nitrogen and oxygen atoms in total. The van der Waals surface area contributed by atoms with Crippen LogP contribution in [-0.2, 0) is 6.42 Å². The number of hydrogen-bond acceptors (Lipinski definition) is 3. The molecule has 0 spiro atoms. The van der Waals surface area contributed by atoms with Gasteiger partial charge >= 0.3 is 0 Å². The van der Waals surface area contributed by atoms with Gasteiger partial charge in [-0.2, -0.15) is 0 Å². The summed E-state index contributed by atoms with van der Waals surface area (Å²) in [5.74, 6) is 1.48. The summed E-state index contributed by atoms with van der Waals surface area (Å²) >= 11 is 8.38. The van der Waals surface area contributed by atoms with E-state index in [9.17, 15) is 0 Å². The summed E-state index contributed by atoms with van der Waals surface area (Å²) in [6, 6.07) is 7.66. The Morgan fingerprint density at radius 1 is 1.21 bits per heavy atom. The number of aryl methyl sites for hydroxylation is 1. The molecule has 19 heavy (non-hydrogen) atoms. The molecule has 0 radical (unpaired) electrons. The standard InChI is InChI=1S/C14H14ClIN2O/c1-3-4-11-12(16)13(15)18-14(17-11)9-5-7-10(19-2)8-6-9/h5-8H,3-4H2,1-2H3. The van der Waals surface area contributed by atoms with Crippen molar-refractivity contribution in [2.24, 2.45) is 0 Å². The van der Waals surface area contributed by atoms with Gasteiger partial charge in [-0.25, -0.2) is 9.97 Å². The van der Waals surface area contributed by atoms with Crippen LogP contribution >= 0.6 is 34.2 Å². The minimum Gasteiger partial charge on any atom is -0.497 e. The fourth-order valence-electron chi connectivity index (χ4n) is 1.73. The molecule has 0 aliphatic rings. The molecule has 0 saturated heterocycles. The van der Waals surface area contributed by atoms with Crippen molar-refractivity contribution >= 4 is 34.2 Å². The summed E-state index contributed by atoms with van der Waals surface area (Å²) in [6.45, 7) is 2.12. The quantitative estimate of drug-likeness (QED) is 0.576. The van der Waals surface area contributed by atoms with Gasteiger partial charge in [0, 0.05) is 5.56 Å². The summed E-state index contributed by atoms with van der Waals surface area (Å²) in [5, 5.41) is 0.518. The van der Waals surface area contributed by atoms with E-state index in [4.69, 9.17) is 16.3 Å². The van der Waals surface area contributed by atoms with Crippen LogP contribution in [0.5, 0.6) is 5.75 Å². The van der Waals surface area contributed by atoms with Gasteiger partial charge in [-0.05, 0) is 53.3 Å². The first-order chi connectivity index (χ1) is 9.15. The highest BCUT2D eigenvalue weighted by atomic mass is 127. The Hall–Kier alpha value is -0.880. The molecular formula is C14H14ClIN2O. The average Bonchev–Trinajstić information content (AvgIpc) is 2.44. The molecule has 0 saturated carbocycles. The summed E-state index contributed by atoms with van der Waals surface area (Å²) in [5.41, 5.74) is 1.95. The van der Waals surface area contributed by atoms with Gasteiger partial charge in [0.1, 0.15) is 10.9 Å². The maximum Gasteiger partial charge on any atom is 0.161 e. The third-order valence-electron chi connectivity index (χ3n) is 2.71. The van der Waals surface area contributed by atoms with Crippen LogP contribution < -0.4 is 4.74 Å². The second-order valence-corrected chi connectivity index (χ2v) is 5.51. The first-order valence-corrected chi connectivity index (χ1v) is 7.47. The van der Waals surface area contributed by atoms with Crippen molar-refractivity contribution in [3.05, 3.63) is 38.7 Å². The monoisotopic (exact) mass is 388 g/mol. The zero-order valence-corrected chi connectivity index (χ0v) is 13.7. The maximum absolute atomic E-state index is 6.18. The molecule has 0 N–H and O–H groups in total. The molecule has 0 aliphatic heterocycles. The van der Waals surface area contributed by atoms with Gasteiger partial charge < -0.3 is 4.74 Å². The Morgan fingerprint density at radius 3 is 2.47 bits per heavy atom. The van der Waals surface area contributed by atoms with Crippen molar-refractivity contribution in [3.63, 3.8) is 0 Å². The SMILES string of the molecule is CCCc1nc(-c2ccc(OC)cc2)nc(Cl)c1I.